The van der Waals surface area contributed by atoms with E-state index in [9.17, 15) is 9.18 Å². The molecule has 1 saturated heterocycles. The molecule has 1 aromatic carbocycles. The molecule has 1 amide bonds. The molecule has 1 aliphatic heterocycles. The molecule has 4 heteroatoms. The Morgan fingerprint density at radius 1 is 1.44 bits per heavy atom. The number of amides is 1. The molecular weight excluding hydrogens is 231 g/mol. The molecule has 1 aliphatic rings. The molecule has 3 nitrogen and oxygen atoms in total. The summed E-state index contributed by atoms with van der Waals surface area (Å²) >= 11 is 0. The van der Waals surface area contributed by atoms with E-state index in [4.69, 9.17) is 0 Å². The van der Waals surface area contributed by atoms with E-state index in [-0.39, 0.29) is 24.3 Å². The fraction of sp³-hybridized carbons (Fsp3) is 0.500. The second-order valence-electron chi connectivity index (χ2n) is 4.86. The van der Waals surface area contributed by atoms with Crippen LogP contribution in [0, 0.1) is 5.82 Å². The fourth-order valence-corrected chi connectivity index (χ4v) is 2.29. The Kier molecular flexibility index (Phi) is 4.31. The van der Waals surface area contributed by atoms with Gasteiger partial charge < -0.3 is 10.6 Å². The first-order valence-electron chi connectivity index (χ1n) is 6.44. The van der Waals surface area contributed by atoms with Crippen molar-refractivity contribution in [2.24, 2.45) is 0 Å². The first-order valence-corrected chi connectivity index (χ1v) is 6.44. The monoisotopic (exact) mass is 250 g/mol. The van der Waals surface area contributed by atoms with Crippen LogP contribution in [0.2, 0.25) is 0 Å². The third-order valence-corrected chi connectivity index (χ3v) is 3.34. The van der Waals surface area contributed by atoms with Gasteiger partial charge in [-0.05, 0) is 32.3 Å². The van der Waals surface area contributed by atoms with Crippen LogP contribution in [0.4, 0.5) is 4.39 Å². The molecule has 0 bridgehead atoms. The number of halogens is 1. The van der Waals surface area contributed by atoms with Crippen LogP contribution in [0.5, 0.6) is 0 Å². The van der Waals surface area contributed by atoms with E-state index >= 15 is 0 Å². The quantitative estimate of drug-likeness (QED) is 0.861. The normalized spacial score (nSPS) is 23.7. The summed E-state index contributed by atoms with van der Waals surface area (Å²) in [4.78, 5) is 11.9. The van der Waals surface area contributed by atoms with Crippen LogP contribution in [0.3, 0.4) is 0 Å². The van der Waals surface area contributed by atoms with Gasteiger partial charge in [0, 0.05) is 18.2 Å². The lowest BCUT2D eigenvalue weighted by Gasteiger charge is -2.27. The largest absolute Gasteiger partial charge is 0.351 e. The van der Waals surface area contributed by atoms with Gasteiger partial charge >= 0.3 is 0 Å². The Labute approximate surface area is 107 Å². The minimum atomic E-state index is -0.275. The maximum atomic E-state index is 13.4. The number of hydrogen-bond donors (Lipinski definition) is 2. The zero-order chi connectivity index (χ0) is 13.0. The van der Waals surface area contributed by atoms with Crippen molar-refractivity contribution in [1.82, 2.24) is 10.6 Å². The summed E-state index contributed by atoms with van der Waals surface area (Å²) in [6.45, 7) is 2.33. The van der Waals surface area contributed by atoms with Crippen molar-refractivity contribution in [1.29, 1.82) is 0 Å². The number of carbonyl (C=O) groups excluding carboxylic acids is 1. The minimum Gasteiger partial charge on any atom is -0.351 e. The van der Waals surface area contributed by atoms with Crippen LogP contribution in [-0.4, -0.2) is 18.0 Å². The van der Waals surface area contributed by atoms with Crippen LogP contribution in [0.15, 0.2) is 24.3 Å². The van der Waals surface area contributed by atoms with Gasteiger partial charge in [0.2, 0.25) is 5.91 Å². The summed E-state index contributed by atoms with van der Waals surface area (Å²) in [5, 5.41) is 6.05. The van der Waals surface area contributed by atoms with Crippen molar-refractivity contribution in [3.8, 4) is 0 Å². The molecule has 98 valence electrons. The lowest BCUT2D eigenvalue weighted by molar-refractivity contribution is -0.124. The van der Waals surface area contributed by atoms with Gasteiger partial charge in [-0.25, -0.2) is 4.39 Å². The second kappa shape index (κ2) is 5.96. The molecule has 2 N–H and O–H groups in total. The van der Waals surface area contributed by atoms with E-state index in [1.165, 1.54) is 6.07 Å². The molecular formula is C14H19FN2O. The third-order valence-electron chi connectivity index (χ3n) is 3.34. The molecule has 2 rings (SSSR count). The molecule has 2 unspecified atom stereocenters. The van der Waals surface area contributed by atoms with Crippen molar-refractivity contribution < 1.29 is 9.18 Å². The van der Waals surface area contributed by atoms with Gasteiger partial charge in [-0.3, -0.25) is 4.79 Å². The average Bonchev–Trinajstić information content (AvgIpc) is 2.37. The van der Waals surface area contributed by atoms with E-state index in [2.05, 4.69) is 17.6 Å². The van der Waals surface area contributed by atoms with Gasteiger partial charge in [-0.2, -0.15) is 0 Å². The number of nitrogens with one attached hydrogen (secondary N) is 2. The molecule has 0 aromatic heterocycles. The number of carbonyl (C=O) groups is 1. The Balaban J connectivity index is 1.86. The molecule has 0 saturated carbocycles. The zero-order valence-corrected chi connectivity index (χ0v) is 10.6. The molecule has 0 aliphatic carbocycles. The molecule has 1 aromatic rings. The molecule has 1 fully saturated rings. The Morgan fingerprint density at radius 3 is 2.94 bits per heavy atom. The van der Waals surface area contributed by atoms with Crippen molar-refractivity contribution >= 4 is 5.91 Å². The van der Waals surface area contributed by atoms with Gasteiger partial charge in [0.05, 0.1) is 6.04 Å². The smallest absolute Gasteiger partial charge is 0.237 e. The standard InChI is InChI=1S/C14H19FN2O/c1-10-5-4-8-13(17-10)14(18)16-9-11-6-2-3-7-12(11)15/h2-3,6-7,10,13,17H,4-5,8-9H2,1H3,(H,16,18). The predicted molar refractivity (Wildman–Crippen MR) is 68.5 cm³/mol. The van der Waals surface area contributed by atoms with Crippen molar-refractivity contribution in [2.45, 2.75) is 44.8 Å². The summed E-state index contributed by atoms with van der Waals surface area (Å²) < 4.78 is 13.4. The minimum absolute atomic E-state index is 0.0372. The summed E-state index contributed by atoms with van der Waals surface area (Å²) in [5.41, 5.74) is 0.523. The average molecular weight is 250 g/mol. The molecule has 2 atom stereocenters. The van der Waals surface area contributed by atoms with E-state index in [0.717, 1.165) is 19.3 Å². The first kappa shape index (κ1) is 13.0. The van der Waals surface area contributed by atoms with Crippen molar-refractivity contribution in [3.63, 3.8) is 0 Å². The molecule has 18 heavy (non-hydrogen) atoms. The topological polar surface area (TPSA) is 41.1 Å². The summed E-state index contributed by atoms with van der Waals surface area (Å²) in [6.07, 6.45) is 3.02. The van der Waals surface area contributed by atoms with Gasteiger partial charge in [-0.15, -0.1) is 0 Å². The van der Waals surface area contributed by atoms with Crippen LogP contribution in [0.25, 0.3) is 0 Å². The lowest BCUT2D eigenvalue weighted by atomic mass is 9.99. The Hall–Kier alpha value is -1.42. The van der Waals surface area contributed by atoms with E-state index in [1.54, 1.807) is 18.2 Å². The van der Waals surface area contributed by atoms with E-state index < -0.39 is 0 Å². The van der Waals surface area contributed by atoms with Crippen molar-refractivity contribution in [3.05, 3.63) is 35.6 Å². The van der Waals surface area contributed by atoms with E-state index in [0.29, 0.717) is 11.6 Å². The van der Waals surface area contributed by atoms with Gasteiger partial charge in [-0.1, -0.05) is 18.2 Å². The van der Waals surface area contributed by atoms with E-state index in [1.807, 2.05) is 0 Å². The summed E-state index contributed by atoms with van der Waals surface area (Å²) in [5.74, 6) is -0.312. The highest BCUT2D eigenvalue weighted by atomic mass is 19.1. The molecule has 0 spiro atoms. The third kappa shape index (κ3) is 3.29. The highest BCUT2D eigenvalue weighted by Crippen LogP contribution is 2.12. The van der Waals surface area contributed by atoms with Crippen molar-refractivity contribution in [2.75, 3.05) is 0 Å². The number of piperidine rings is 1. The predicted octanol–water partition coefficient (Wildman–Crippen LogP) is 1.97. The fourth-order valence-electron chi connectivity index (χ4n) is 2.29. The number of hydrogen-bond acceptors (Lipinski definition) is 2. The van der Waals surface area contributed by atoms with Crippen LogP contribution in [0.1, 0.15) is 31.7 Å². The number of benzene rings is 1. The summed E-state index contributed by atoms with van der Waals surface area (Å²) in [6, 6.07) is 6.74. The number of rotatable bonds is 3. The lowest BCUT2D eigenvalue weighted by Crippen LogP contribution is -2.49. The van der Waals surface area contributed by atoms with Crippen LogP contribution >= 0.6 is 0 Å². The maximum absolute atomic E-state index is 13.4. The van der Waals surface area contributed by atoms with Crippen LogP contribution in [-0.2, 0) is 11.3 Å². The zero-order valence-electron chi connectivity index (χ0n) is 10.6. The van der Waals surface area contributed by atoms with Gasteiger partial charge in [0.25, 0.3) is 0 Å². The highest BCUT2D eigenvalue weighted by Gasteiger charge is 2.23. The van der Waals surface area contributed by atoms with Crippen LogP contribution < -0.4 is 10.6 Å². The summed E-state index contributed by atoms with van der Waals surface area (Å²) in [7, 11) is 0. The molecule has 0 radical (unpaired) electrons. The SMILES string of the molecule is CC1CCCC(C(=O)NCc2ccccc2F)N1. The second-order valence-corrected chi connectivity index (χ2v) is 4.86. The van der Waals surface area contributed by atoms with Gasteiger partial charge in [0.15, 0.2) is 0 Å². The Morgan fingerprint density at radius 2 is 2.22 bits per heavy atom. The first-order chi connectivity index (χ1) is 8.66. The molecule has 1 heterocycles. The maximum Gasteiger partial charge on any atom is 0.237 e. The Bertz CT molecular complexity index is 422. The van der Waals surface area contributed by atoms with Gasteiger partial charge in [0.1, 0.15) is 5.82 Å². The highest BCUT2D eigenvalue weighted by molar-refractivity contribution is 5.81.